The maximum Gasteiger partial charge on any atom is 0.287 e. The van der Waals surface area contributed by atoms with Crippen molar-refractivity contribution < 1.29 is 18.3 Å². The Morgan fingerprint density at radius 3 is 2.62 bits per heavy atom. The maximum atomic E-state index is 12.9. The number of ether oxygens (including phenoxy) is 1. The fourth-order valence-corrected chi connectivity index (χ4v) is 3.69. The van der Waals surface area contributed by atoms with Gasteiger partial charge in [0, 0.05) is 19.0 Å². The van der Waals surface area contributed by atoms with Gasteiger partial charge in [-0.15, -0.1) is 0 Å². The van der Waals surface area contributed by atoms with Crippen LogP contribution in [-0.2, 0) is 6.61 Å². The van der Waals surface area contributed by atoms with Crippen LogP contribution >= 0.6 is 0 Å². The number of carbonyl (C=O) groups excluding carboxylic acids is 1. The number of hydrogen-bond acceptors (Lipinski definition) is 4. The average Bonchev–Trinajstić information content (AvgIpc) is 3.35. The summed E-state index contributed by atoms with van der Waals surface area (Å²) in [5.41, 5.74) is 1.22. The van der Waals surface area contributed by atoms with E-state index in [-0.39, 0.29) is 36.1 Å². The highest BCUT2D eigenvalue weighted by Gasteiger charge is 2.33. The van der Waals surface area contributed by atoms with Crippen molar-refractivity contribution in [3.05, 3.63) is 89.6 Å². The molecule has 3 aromatic rings. The second-order valence-corrected chi connectivity index (χ2v) is 7.33. The zero-order valence-electron chi connectivity index (χ0n) is 16.2. The van der Waals surface area contributed by atoms with Crippen molar-refractivity contribution in [2.24, 2.45) is 0 Å². The number of halogens is 1. The number of nitrogens with zero attached hydrogens (tertiary/aromatic N) is 1. The Kier molecular flexibility index (Phi) is 5.62. The molecule has 1 N–H and O–H groups in total. The summed E-state index contributed by atoms with van der Waals surface area (Å²) in [6.07, 6.45) is 0. The first-order valence-electron chi connectivity index (χ1n) is 9.60. The summed E-state index contributed by atoms with van der Waals surface area (Å²) in [6, 6.07) is 19.4. The average molecular weight is 394 g/mol. The lowest BCUT2D eigenvalue weighted by Gasteiger charge is -2.19. The molecule has 0 aliphatic carbocycles. The normalized spacial score (nSPS) is 19.2. The van der Waals surface area contributed by atoms with Crippen molar-refractivity contribution in [2.45, 2.75) is 18.6 Å². The molecule has 2 aromatic carbocycles. The number of rotatable bonds is 6. The van der Waals surface area contributed by atoms with Gasteiger partial charge in [-0.2, -0.15) is 0 Å². The molecule has 0 radical (unpaired) electrons. The predicted octanol–water partition coefficient (Wildman–Crippen LogP) is 3.83. The number of likely N-dealkylation sites (tertiary alicyclic amines) is 1. The minimum absolute atomic E-state index is 0.0129. The number of likely N-dealkylation sites (N-methyl/N-ethyl adjacent to an activating group) is 1. The first-order valence-corrected chi connectivity index (χ1v) is 9.60. The summed E-state index contributed by atoms with van der Waals surface area (Å²) < 4.78 is 24.2. The van der Waals surface area contributed by atoms with Crippen LogP contribution in [0.1, 0.15) is 27.8 Å². The van der Waals surface area contributed by atoms with Gasteiger partial charge in [-0.1, -0.05) is 30.3 Å². The number of benzene rings is 2. The molecule has 2 atom stereocenters. The lowest BCUT2D eigenvalue weighted by molar-refractivity contribution is 0.0903. The zero-order chi connectivity index (χ0) is 20.2. The van der Waals surface area contributed by atoms with Crippen LogP contribution in [0.25, 0.3) is 0 Å². The van der Waals surface area contributed by atoms with Gasteiger partial charge >= 0.3 is 0 Å². The van der Waals surface area contributed by atoms with Gasteiger partial charge in [0.15, 0.2) is 5.76 Å². The van der Waals surface area contributed by atoms with Crippen LogP contribution in [0, 0.1) is 5.82 Å². The van der Waals surface area contributed by atoms with Gasteiger partial charge in [-0.3, -0.25) is 4.79 Å². The standard InChI is InChI=1S/C23H23FN2O3/c1-26-13-20(16-5-3-2-4-6-16)21(14-26)25-23(27)22-12-11-19(29-22)15-28-18-9-7-17(24)8-10-18/h2-12,20-21H,13-15H2,1H3,(H,25,27)/t20-,21+/m0/s1. The molecule has 4 rings (SSSR count). The number of hydrogen-bond donors (Lipinski definition) is 1. The Morgan fingerprint density at radius 2 is 1.86 bits per heavy atom. The van der Waals surface area contributed by atoms with Crippen LogP contribution < -0.4 is 10.1 Å². The van der Waals surface area contributed by atoms with E-state index in [0.717, 1.165) is 13.1 Å². The number of furan rings is 1. The molecule has 5 nitrogen and oxygen atoms in total. The van der Waals surface area contributed by atoms with E-state index in [9.17, 15) is 9.18 Å². The van der Waals surface area contributed by atoms with Crippen molar-refractivity contribution in [3.63, 3.8) is 0 Å². The molecule has 1 saturated heterocycles. The molecular weight excluding hydrogens is 371 g/mol. The van der Waals surface area contributed by atoms with Gasteiger partial charge in [0.05, 0.1) is 6.04 Å². The predicted molar refractivity (Wildman–Crippen MR) is 107 cm³/mol. The summed E-state index contributed by atoms with van der Waals surface area (Å²) in [6.45, 7) is 1.84. The lowest BCUT2D eigenvalue weighted by atomic mass is 9.94. The van der Waals surface area contributed by atoms with Crippen molar-refractivity contribution in [1.82, 2.24) is 10.2 Å². The van der Waals surface area contributed by atoms with Gasteiger partial charge in [0.25, 0.3) is 5.91 Å². The van der Waals surface area contributed by atoms with E-state index in [1.54, 1.807) is 24.3 Å². The SMILES string of the molecule is CN1C[C@@H](NC(=O)c2ccc(COc3ccc(F)cc3)o2)[C@H](c2ccccc2)C1. The Bertz CT molecular complexity index is 956. The largest absolute Gasteiger partial charge is 0.486 e. The van der Waals surface area contributed by atoms with E-state index in [1.165, 1.54) is 17.7 Å². The van der Waals surface area contributed by atoms with E-state index >= 15 is 0 Å². The highest BCUT2D eigenvalue weighted by atomic mass is 19.1. The van der Waals surface area contributed by atoms with Crippen LogP contribution in [0.15, 0.2) is 71.1 Å². The zero-order valence-corrected chi connectivity index (χ0v) is 16.2. The minimum atomic E-state index is -0.319. The van der Waals surface area contributed by atoms with E-state index in [1.807, 2.05) is 18.2 Å². The molecule has 0 unspecified atom stereocenters. The lowest BCUT2D eigenvalue weighted by Crippen LogP contribution is -2.39. The first-order chi connectivity index (χ1) is 14.1. The molecule has 0 saturated carbocycles. The number of carbonyl (C=O) groups is 1. The smallest absolute Gasteiger partial charge is 0.287 e. The summed E-state index contributed by atoms with van der Waals surface area (Å²) in [5, 5.41) is 3.11. The van der Waals surface area contributed by atoms with Crippen LogP contribution in [0.5, 0.6) is 5.75 Å². The van der Waals surface area contributed by atoms with Gasteiger partial charge in [0.1, 0.15) is 23.9 Å². The Labute approximate surface area is 169 Å². The molecule has 6 heteroatoms. The van der Waals surface area contributed by atoms with Crippen molar-refractivity contribution >= 4 is 5.91 Å². The molecule has 150 valence electrons. The van der Waals surface area contributed by atoms with Gasteiger partial charge in [-0.25, -0.2) is 4.39 Å². The molecule has 1 amide bonds. The molecule has 0 bridgehead atoms. The van der Waals surface area contributed by atoms with Gasteiger partial charge < -0.3 is 19.4 Å². The molecular formula is C23H23FN2O3. The molecule has 1 fully saturated rings. The highest BCUT2D eigenvalue weighted by molar-refractivity contribution is 5.91. The summed E-state index contributed by atoms with van der Waals surface area (Å²) in [7, 11) is 2.06. The Balaban J connectivity index is 1.37. The molecule has 2 heterocycles. The van der Waals surface area contributed by atoms with Crippen LogP contribution in [0.3, 0.4) is 0 Å². The maximum absolute atomic E-state index is 12.9. The fraction of sp³-hybridized carbons (Fsp3) is 0.261. The minimum Gasteiger partial charge on any atom is -0.486 e. The van der Waals surface area contributed by atoms with E-state index in [4.69, 9.17) is 9.15 Å². The van der Waals surface area contributed by atoms with E-state index < -0.39 is 0 Å². The van der Waals surface area contributed by atoms with Crippen molar-refractivity contribution in [2.75, 3.05) is 20.1 Å². The molecule has 0 spiro atoms. The molecule has 1 aromatic heterocycles. The van der Waals surface area contributed by atoms with E-state index in [0.29, 0.717) is 11.5 Å². The monoisotopic (exact) mass is 394 g/mol. The summed E-state index contributed by atoms with van der Waals surface area (Å²) in [5.74, 6) is 1.00. The Hall–Kier alpha value is -3.12. The quantitative estimate of drug-likeness (QED) is 0.691. The second kappa shape index (κ2) is 8.49. The van der Waals surface area contributed by atoms with Gasteiger partial charge in [-0.05, 0) is 49.0 Å². The van der Waals surface area contributed by atoms with Crippen LogP contribution in [-0.4, -0.2) is 37.0 Å². The topological polar surface area (TPSA) is 54.7 Å². The number of amides is 1. The van der Waals surface area contributed by atoms with Crippen molar-refractivity contribution in [1.29, 1.82) is 0 Å². The summed E-state index contributed by atoms with van der Waals surface area (Å²) >= 11 is 0. The fourth-order valence-electron chi connectivity index (χ4n) is 3.69. The Morgan fingerprint density at radius 1 is 1.10 bits per heavy atom. The van der Waals surface area contributed by atoms with Crippen LogP contribution in [0.2, 0.25) is 0 Å². The highest BCUT2D eigenvalue weighted by Crippen LogP contribution is 2.27. The third-order valence-electron chi connectivity index (χ3n) is 5.13. The third kappa shape index (κ3) is 4.66. The van der Waals surface area contributed by atoms with E-state index in [2.05, 4.69) is 29.4 Å². The molecule has 1 aliphatic rings. The summed E-state index contributed by atoms with van der Waals surface area (Å²) in [4.78, 5) is 14.9. The molecule has 29 heavy (non-hydrogen) atoms. The van der Waals surface area contributed by atoms with Crippen molar-refractivity contribution in [3.8, 4) is 5.75 Å². The van der Waals surface area contributed by atoms with Gasteiger partial charge in [0.2, 0.25) is 0 Å². The second-order valence-electron chi connectivity index (χ2n) is 7.33. The van der Waals surface area contributed by atoms with Crippen LogP contribution in [0.4, 0.5) is 4.39 Å². The number of nitrogens with one attached hydrogen (secondary N) is 1. The first kappa shape index (κ1) is 19.2. The molecule has 1 aliphatic heterocycles. The third-order valence-corrected chi connectivity index (χ3v) is 5.13.